The molecule has 0 amide bonds. The summed E-state index contributed by atoms with van der Waals surface area (Å²) in [4.78, 5) is 0. The molecule has 144 valence electrons. The average molecular weight is 374 g/mol. The van der Waals surface area contributed by atoms with Crippen LogP contribution in [0.4, 0.5) is 0 Å². The predicted octanol–water partition coefficient (Wildman–Crippen LogP) is 4.00. The fourth-order valence-corrected chi connectivity index (χ4v) is 4.52. The van der Waals surface area contributed by atoms with E-state index in [1.54, 1.807) is 0 Å². The molecule has 5 rings (SSSR count). The molecule has 2 N–H and O–H groups in total. The Morgan fingerprint density at radius 2 is 1.93 bits per heavy atom. The first-order chi connectivity index (χ1) is 13.9. The van der Waals surface area contributed by atoms with Crippen molar-refractivity contribution in [2.75, 3.05) is 13.2 Å². The van der Waals surface area contributed by atoms with Crippen molar-refractivity contribution in [3.63, 3.8) is 0 Å². The van der Waals surface area contributed by atoms with Crippen LogP contribution in [-0.4, -0.2) is 23.8 Å². The monoisotopic (exact) mass is 373 g/mol. The van der Waals surface area contributed by atoms with Gasteiger partial charge in [0.25, 0.3) is 0 Å². The molecule has 0 saturated carbocycles. The van der Waals surface area contributed by atoms with Gasteiger partial charge in [-0.3, -0.25) is 0 Å². The van der Waals surface area contributed by atoms with Crippen LogP contribution in [0.3, 0.4) is 0 Å². The number of piperidine rings is 1. The van der Waals surface area contributed by atoms with E-state index in [1.165, 1.54) is 35.2 Å². The second kappa shape index (κ2) is 7.82. The molecule has 2 aromatic carbocycles. The number of ether oxygens (including phenoxy) is 1. The highest BCUT2D eigenvalue weighted by Crippen LogP contribution is 2.33. The molecule has 0 bridgehead atoms. The Morgan fingerprint density at radius 1 is 1.07 bits per heavy atom. The average Bonchev–Trinajstić information content (AvgIpc) is 3.44. The topological polar surface area (TPSA) is 38.2 Å². The molecule has 3 aromatic rings. The van der Waals surface area contributed by atoms with Crippen molar-refractivity contribution in [3.8, 4) is 11.4 Å². The maximum atomic E-state index is 5.99. The Labute approximate surface area is 166 Å². The van der Waals surface area contributed by atoms with Crippen LogP contribution in [0, 0.1) is 0 Å². The summed E-state index contributed by atoms with van der Waals surface area (Å²) in [6, 6.07) is 20.2. The fourth-order valence-electron chi connectivity index (χ4n) is 4.52. The first-order valence-corrected chi connectivity index (χ1v) is 10.3. The summed E-state index contributed by atoms with van der Waals surface area (Å²) in [6.07, 6.45) is 7.59. The summed E-state index contributed by atoms with van der Waals surface area (Å²) in [5.41, 5.74) is 5.16. The highest BCUT2D eigenvalue weighted by molar-refractivity contribution is 5.52. The molecule has 0 unspecified atom stereocenters. The van der Waals surface area contributed by atoms with Crippen molar-refractivity contribution in [1.82, 2.24) is 15.2 Å². The van der Waals surface area contributed by atoms with Gasteiger partial charge >= 0.3 is 0 Å². The Hall–Kier alpha value is -2.56. The molecule has 4 nitrogen and oxygen atoms in total. The third-order valence-electron chi connectivity index (χ3n) is 5.92. The van der Waals surface area contributed by atoms with Gasteiger partial charge in [-0.05, 0) is 54.8 Å². The van der Waals surface area contributed by atoms with Gasteiger partial charge in [0.05, 0.1) is 6.61 Å². The van der Waals surface area contributed by atoms with Gasteiger partial charge in [-0.2, -0.15) is 0 Å². The van der Waals surface area contributed by atoms with E-state index in [0.29, 0.717) is 12.1 Å². The van der Waals surface area contributed by atoms with Crippen LogP contribution in [0.1, 0.15) is 35.6 Å². The molecule has 1 aromatic heterocycles. The summed E-state index contributed by atoms with van der Waals surface area (Å²) in [6.45, 7) is 2.70. The smallest absolute Gasteiger partial charge is 0.127 e. The minimum absolute atomic E-state index is 0.358. The van der Waals surface area contributed by atoms with Gasteiger partial charge in [0.15, 0.2) is 0 Å². The SMILES string of the molecule is c1ccc([C@@H]2NCCC[C@@H]2NCc2cc(-n3cccc3)cc3c2OCC3)cc1. The van der Waals surface area contributed by atoms with Crippen molar-refractivity contribution < 1.29 is 4.74 Å². The Morgan fingerprint density at radius 3 is 2.79 bits per heavy atom. The number of hydrogen-bond donors (Lipinski definition) is 2. The number of rotatable bonds is 5. The first kappa shape index (κ1) is 17.5. The summed E-state index contributed by atoms with van der Waals surface area (Å²) in [5.74, 6) is 1.09. The quantitative estimate of drug-likeness (QED) is 0.710. The van der Waals surface area contributed by atoms with E-state index in [4.69, 9.17) is 4.74 Å². The second-order valence-corrected chi connectivity index (χ2v) is 7.75. The van der Waals surface area contributed by atoms with E-state index in [9.17, 15) is 0 Å². The molecule has 1 saturated heterocycles. The molecule has 2 aliphatic heterocycles. The third kappa shape index (κ3) is 3.46. The van der Waals surface area contributed by atoms with E-state index >= 15 is 0 Å². The highest BCUT2D eigenvalue weighted by atomic mass is 16.5. The standard InChI is InChI=1S/C24H27N3O/c1-2-7-18(8-3-1)23-22(9-6-11-25-23)26-17-20-16-21(27-12-4-5-13-27)15-19-10-14-28-24(19)20/h1-5,7-8,12-13,15-16,22-23,25-26H,6,9-11,14,17H2/t22-,23-/m0/s1. The molecule has 4 heteroatoms. The van der Waals surface area contributed by atoms with Crippen molar-refractivity contribution in [2.24, 2.45) is 0 Å². The van der Waals surface area contributed by atoms with Crippen LogP contribution >= 0.6 is 0 Å². The molecule has 3 heterocycles. The molecule has 2 atom stereocenters. The predicted molar refractivity (Wildman–Crippen MR) is 112 cm³/mol. The zero-order valence-corrected chi connectivity index (χ0v) is 16.1. The van der Waals surface area contributed by atoms with Gasteiger partial charge in [0.2, 0.25) is 0 Å². The van der Waals surface area contributed by atoms with Crippen molar-refractivity contribution in [2.45, 2.75) is 37.9 Å². The Balaban J connectivity index is 1.38. The molecule has 1 fully saturated rings. The molecular formula is C24H27N3O. The molecule has 0 aliphatic carbocycles. The summed E-state index contributed by atoms with van der Waals surface area (Å²) >= 11 is 0. The van der Waals surface area contributed by atoms with Gasteiger partial charge < -0.3 is 19.9 Å². The molecule has 0 radical (unpaired) electrons. The molecular weight excluding hydrogens is 346 g/mol. The van der Waals surface area contributed by atoms with Gasteiger partial charge in [0.1, 0.15) is 5.75 Å². The number of benzene rings is 2. The highest BCUT2D eigenvalue weighted by Gasteiger charge is 2.26. The lowest BCUT2D eigenvalue weighted by molar-refractivity contribution is 0.301. The molecule has 0 spiro atoms. The Bertz CT molecular complexity index is 921. The van der Waals surface area contributed by atoms with E-state index in [1.807, 2.05) is 0 Å². The minimum Gasteiger partial charge on any atom is -0.493 e. The summed E-state index contributed by atoms with van der Waals surface area (Å²) in [7, 11) is 0. The normalized spacial score (nSPS) is 21.3. The van der Waals surface area contributed by atoms with Gasteiger partial charge in [-0.25, -0.2) is 0 Å². The number of nitrogens with zero attached hydrogens (tertiary/aromatic N) is 1. The maximum Gasteiger partial charge on any atom is 0.127 e. The number of fused-ring (bicyclic) bond motifs is 1. The van der Waals surface area contributed by atoms with E-state index in [0.717, 1.165) is 31.9 Å². The van der Waals surface area contributed by atoms with Gasteiger partial charge in [0, 0.05) is 48.7 Å². The van der Waals surface area contributed by atoms with Crippen LogP contribution < -0.4 is 15.4 Å². The minimum atomic E-state index is 0.358. The fraction of sp³-hybridized carbons (Fsp3) is 0.333. The lowest BCUT2D eigenvalue weighted by Gasteiger charge is -2.34. The van der Waals surface area contributed by atoms with Crippen LogP contribution in [0.15, 0.2) is 67.0 Å². The van der Waals surface area contributed by atoms with Crippen molar-refractivity contribution >= 4 is 0 Å². The number of hydrogen-bond acceptors (Lipinski definition) is 3. The van der Waals surface area contributed by atoms with Gasteiger partial charge in [-0.1, -0.05) is 30.3 Å². The van der Waals surface area contributed by atoms with Gasteiger partial charge in [-0.15, -0.1) is 0 Å². The van der Waals surface area contributed by atoms with E-state index in [-0.39, 0.29) is 0 Å². The molecule has 28 heavy (non-hydrogen) atoms. The number of nitrogens with one attached hydrogen (secondary N) is 2. The lowest BCUT2D eigenvalue weighted by atomic mass is 9.92. The van der Waals surface area contributed by atoms with E-state index < -0.39 is 0 Å². The molecule has 2 aliphatic rings. The lowest BCUT2D eigenvalue weighted by Crippen LogP contribution is -2.45. The zero-order valence-electron chi connectivity index (χ0n) is 16.1. The van der Waals surface area contributed by atoms with E-state index in [2.05, 4.69) is 82.2 Å². The Kier molecular flexibility index (Phi) is 4.90. The third-order valence-corrected chi connectivity index (χ3v) is 5.92. The zero-order chi connectivity index (χ0) is 18.8. The largest absolute Gasteiger partial charge is 0.493 e. The second-order valence-electron chi connectivity index (χ2n) is 7.75. The van der Waals surface area contributed by atoms with Crippen LogP contribution in [0.5, 0.6) is 5.75 Å². The first-order valence-electron chi connectivity index (χ1n) is 10.3. The maximum absolute atomic E-state index is 5.99. The van der Waals surface area contributed by atoms with Crippen molar-refractivity contribution in [1.29, 1.82) is 0 Å². The summed E-state index contributed by atoms with van der Waals surface area (Å²) in [5, 5.41) is 7.55. The van der Waals surface area contributed by atoms with Crippen LogP contribution in [0.25, 0.3) is 5.69 Å². The van der Waals surface area contributed by atoms with Crippen LogP contribution in [0.2, 0.25) is 0 Å². The number of aromatic nitrogens is 1. The summed E-state index contributed by atoms with van der Waals surface area (Å²) < 4.78 is 8.17. The van der Waals surface area contributed by atoms with Crippen molar-refractivity contribution in [3.05, 3.63) is 83.7 Å². The van der Waals surface area contributed by atoms with Crippen LogP contribution in [-0.2, 0) is 13.0 Å².